The third-order valence-electron chi connectivity index (χ3n) is 8.47. The fourth-order valence-electron chi connectivity index (χ4n) is 6.09. The molecule has 0 bridgehead atoms. The summed E-state index contributed by atoms with van der Waals surface area (Å²) in [5.41, 5.74) is 5.89. The second-order valence-electron chi connectivity index (χ2n) is 11.0. The average Bonchev–Trinajstić information content (AvgIpc) is 3.04. The fourth-order valence-corrected chi connectivity index (χ4v) is 6.09. The van der Waals surface area contributed by atoms with Gasteiger partial charge < -0.3 is 5.32 Å². The van der Waals surface area contributed by atoms with Crippen LogP contribution in [-0.2, 0) is 0 Å². The van der Waals surface area contributed by atoms with Gasteiger partial charge in [-0.2, -0.15) is 5.11 Å². The van der Waals surface area contributed by atoms with Crippen molar-refractivity contribution in [2.24, 2.45) is 26.4 Å². The summed E-state index contributed by atoms with van der Waals surface area (Å²) in [6.45, 7) is 5.29. The van der Waals surface area contributed by atoms with Crippen molar-refractivity contribution in [2.45, 2.75) is 51.9 Å². The van der Waals surface area contributed by atoms with Crippen molar-refractivity contribution in [3.63, 3.8) is 0 Å². The highest BCUT2D eigenvalue weighted by Crippen LogP contribution is 2.39. The first-order valence-electron chi connectivity index (χ1n) is 14.9. The molecule has 0 heterocycles. The first-order chi connectivity index (χ1) is 20.2. The highest BCUT2D eigenvalue weighted by atomic mass is 15.1. The number of hydrogen-bond acceptors (Lipinski definition) is 5. The molecule has 0 aliphatic heterocycles. The minimum absolute atomic E-state index is 0.679. The first-order valence-corrected chi connectivity index (χ1v) is 14.9. The molecule has 0 unspecified atom stereocenters. The van der Waals surface area contributed by atoms with E-state index in [4.69, 9.17) is 0 Å². The molecular weight excluding hydrogens is 502 g/mol. The molecule has 1 fully saturated rings. The maximum atomic E-state index is 4.69. The standard InChI is InChI=1S/C36H37N5/c1-3-25-13-15-26(16-14-25)27-17-19-28(20-18-27)38-39-34-23-24-36(32-12-8-7-11-31(32)34)41-40-35-22-21-33(37-4-2)29-9-5-6-10-30(29)35/h5-12,17-26,37H,3-4,13-16H2,1-2H3. The summed E-state index contributed by atoms with van der Waals surface area (Å²) in [7, 11) is 0. The molecular formula is C36H37N5. The highest BCUT2D eigenvalue weighted by Gasteiger charge is 2.21. The van der Waals surface area contributed by atoms with Gasteiger partial charge in [0.15, 0.2) is 0 Å². The van der Waals surface area contributed by atoms with Crippen LogP contribution < -0.4 is 5.32 Å². The van der Waals surface area contributed by atoms with Gasteiger partial charge in [0.1, 0.15) is 0 Å². The number of nitrogens with zero attached hydrogens (tertiary/aromatic N) is 4. The Hall–Kier alpha value is -4.38. The Balaban J connectivity index is 1.23. The Bertz CT molecular complexity index is 1700. The van der Waals surface area contributed by atoms with Crippen LogP contribution in [0.3, 0.4) is 0 Å². The maximum Gasteiger partial charge on any atom is 0.0936 e. The normalized spacial score (nSPS) is 17.6. The van der Waals surface area contributed by atoms with E-state index in [0.29, 0.717) is 5.92 Å². The van der Waals surface area contributed by atoms with E-state index in [1.54, 1.807) is 0 Å². The van der Waals surface area contributed by atoms with Crippen molar-refractivity contribution in [1.29, 1.82) is 0 Å². The lowest BCUT2D eigenvalue weighted by atomic mass is 9.78. The molecule has 0 aromatic heterocycles. The van der Waals surface area contributed by atoms with Crippen LogP contribution in [0, 0.1) is 5.92 Å². The van der Waals surface area contributed by atoms with Crippen LogP contribution in [0.5, 0.6) is 0 Å². The van der Waals surface area contributed by atoms with Crippen molar-refractivity contribution in [2.75, 3.05) is 11.9 Å². The molecule has 0 saturated heterocycles. The van der Waals surface area contributed by atoms with Gasteiger partial charge in [-0.3, -0.25) is 0 Å². The smallest absolute Gasteiger partial charge is 0.0936 e. The van der Waals surface area contributed by atoms with Crippen molar-refractivity contribution in [1.82, 2.24) is 0 Å². The van der Waals surface area contributed by atoms with Gasteiger partial charge >= 0.3 is 0 Å². The van der Waals surface area contributed by atoms with Gasteiger partial charge in [0.25, 0.3) is 0 Å². The lowest BCUT2D eigenvalue weighted by molar-refractivity contribution is 0.319. The molecule has 41 heavy (non-hydrogen) atoms. The number of anilines is 1. The molecule has 0 atom stereocenters. The molecule has 5 aromatic carbocycles. The molecule has 0 radical (unpaired) electrons. The van der Waals surface area contributed by atoms with Crippen molar-refractivity contribution < 1.29 is 0 Å². The van der Waals surface area contributed by atoms with E-state index in [1.807, 2.05) is 36.4 Å². The summed E-state index contributed by atoms with van der Waals surface area (Å²) in [5.74, 6) is 1.59. The predicted molar refractivity (Wildman–Crippen MR) is 172 cm³/mol. The molecule has 5 aromatic rings. The molecule has 1 saturated carbocycles. The lowest BCUT2D eigenvalue weighted by Crippen LogP contribution is -2.12. The molecule has 1 aliphatic rings. The predicted octanol–water partition coefficient (Wildman–Crippen LogP) is 11.9. The zero-order chi connectivity index (χ0) is 28.0. The molecule has 5 heteroatoms. The maximum absolute atomic E-state index is 4.69. The van der Waals surface area contributed by atoms with Crippen LogP contribution in [0.1, 0.15) is 57.4 Å². The summed E-state index contributed by atoms with van der Waals surface area (Å²) >= 11 is 0. The summed E-state index contributed by atoms with van der Waals surface area (Å²) in [6, 6.07) is 33.2. The Morgan fingerprint density at radius 2 is 1.07 bits per heavy atom. The highest BCUT2D eigenvalue weighted by molar-refractivity contribution is 6.01. The minimum atomic E-state index is 0.679. The van der Waals surface area contributed by atoms with Gasteiger partial charge in [0.05, 0.1) is 22.7 Å². The van der Waals surface area contributed by atoms with Crippen LogP contribution >= 0.6 is 0 Å². The van der Waals surface area contributed by atoms with E-state index in [9.17, 15) is 0 Å². The van der Waals surface area contributed by atoms with Gasteiger partial charge in [0, 0.05) is 33.8 Å². The molecule has 0 spiro atoms. The number of fused-ring (bicyclic) bond motifs is 2. The fraction of sp³-hybridized carbons (Fsp3) is 0.278. The zero-order valence-corrected chi connectivity index (χ0v) is 23.9. The van der Waals surface area contributed by atoms with E-state index < -0.39 is 0 Å². The molecule has 206 valence electrons. The third kappa shape index (κ3) is 5.90. The topological polar surface area (TPSA) is 61.5 Å². The van der Waals surface area contributed by atoms with Crippen LogP contribution in [0.4, 0.5) is 28.4 Å². The van der Waals surface area contributed by atoms with Crippen LogP contribution in [0.15, 0.2) is 118 Å². The summed E-state index contributed by atoms with van der Waals surface area (Å²) in [4.78, 5) is 0. The Labute approximate surface area is 242 Å². The van der Waals surface area contributed by atoms with E-state index >= 15 is 0 Å². The third-order valence-corrected chi connectivity index (χ3v) is 8.47. The summed E-state index contributed by atoms with van der Waals surface area (Å²) in [5, 5.41) is 26.2. The Morgan fingerprint density at radius 1 is 0.561 bits per heavy atom. The monoisotopic (exact) mass is 539 g/mol. The summed E-state index contributed by atoms with van der Waals surface area (Å²) in [6.07, 6.45) is 6.61. The van der Waals surface area contributed by atoms with E-state index in [-0.39, 0.29) is 0 Å². The molecule has 1 aliphatic carbocycles. The largest absolute Gasteiger partial charge is 0.385 e. The Morgan fingerprint density at radius 3 is 1.63 bits per heavy atom. The molecule has 1 N–H and O–H groups in total. The number of benzene rings is 5. The van der Waals surface area contributed by atoms with E-state index in [1.165, 1.54) is 37.7 Å². The van der Waals surface area contributed by atoms with Gasteiger partial charge in [-0.1, -0.05) is 74.0 Å². The molecule has 6 rings (SSSR count). The summed E-state index contributed by atoms with van der Waals surface area (Å²) < 4.78 is 0. The van der Waals surface area contributed by atoms with Gasteiger partial charge in [-0.25, -0.2) is 0 Å². The first kappa shape index (κ1) is 26.8. The van der Waals surface area contributed by atoms with Crippen molar-refractivity contribution in [3.8, 4) is 0 Å². The second kappa shape index (κ2) is 12.4. The quantitative estimate of drug-likeness (QED) is 0.196. The Kier molecular flexibility index (Phi) is 8.13. The van der Waals surface area contributed by atoms with Gasteiger partial charge in [0.2, 0.25) is 0 Å². The molecule has 0 amide bonds. The number of nitrogens with one attached hydrogen (secondary N) is 1. The van der Waals surface area contributed by atoms with Gasteiger partial charge in [-0.05, 0) is 86.4 Å². The second-order valence-corrected chi connectivity index (χ2v) is 11.0. The SMILES string of the molecule is CCNc1ccc(N=Nc2ccc(N=Nc3ccc(C4CCC(CC)CC4)cc3)c3ccccc23)c2ccccc12. The van der Waals surface area contributed by atoms with Crippen LogP contribution in [0.25, 0.3) is 21.5 Å². The van der Waals surface area contributed by atoms with Crippen LogP contribution in [-0.4, -0.2) is 6.54 Å². The van der Waals surface area contributed by atoms with Crippen molar-refractivity contribution in [3.05, 3.63) is 103 Å². The van der Waals surface area contributed by atoms with E-state index in [2.05, 4.69) is 100 Å². The number of azo groups is 2. The van der Waals surface area contributed by atoms with Crippen molar-refractivity contribution >= 4 is 50.0 Å². The van der Waals surface area contributed by atoms with Gasteiger partial charge in [-0.15, -0.1) is 15.3 Å². The number of rotatable bonds is 8. The minimum Gasteiger partial charge on any atom is -0.385 e. The zero-order valence-electron chi connectivity index (χ0n) is 23.9. The average molecular weight is 540 g/mol. The lowest BCUT2D eigenvalue weighted by Gasteiger charge is -2.28. The molecule has 5 nitrogen and oxygen atoms in total. The van der Waals surface area contributed by atoms with Crippen LogP contribution in [0.2, 0.25) is 0 Å². The number of hydrogen-bond donors (Lipinski definition) is 1. The van der Waals surface area contributed by atoms with E-state index in [0.717, 1.165) is 62.4 Å².